The molecule has 0 bridgehead atoms. The largest absolute Gasteiger partial charge is 0.383 e. The Hall–Kier alpha value is -2.15. The molecule has 2 rings (SSSR count). The highest BCUT2D eigenvalue weighted by atomic mass is 32.2. The number of hydrogen-bond acceptors (Lipinski definition) is 6. The molecular weight excluding hydrogens is 264 g/mol. The lowest BCUT2D eigenvalue weighted by Gasteiger charge is -2.07. The predicted octanol–water partition coefficient (Wildman–Crippen LogP) is 2.68. The summed E-state index contributed by atoms with van der Waals surface area (Å²) in [6, 6.07) is 6.33. The molecule has 0 unspecified atom stereocenters. The first-order valence-electron chi connectivity index (χ1n) is 5.63. The van der Waals surface area contributed by atoms with Crippen molar-refractivity contribution in [1.82, 2.24) is 9.97 Å². The van der Waals surface area contributed by atoms with Crippen LogP contribution in [-0.2, 0) is 6.42 Å². The van der Waals surface area contributed by atoms with Gasteiger partial charge in [-0.25, -0.2) is 9.97 Å². The molecule has 0 fully saturated rings. The lowest BCUT2D eigenvalue weighted by atomic mass is 10.2. The van der Waals surface area contributed by atoms with Gasteiger partial charge in [-0.3, -0.25) is 10.1 Å². The summed E-state index contributed by atoms with van der Waals surface area (Å²) in [5.41, 5.74) is 6.76. The predicted molar refractivity (Wildman–Crippen MR) is 73.0 cm³/mol. The molecule has 1 heterocycles. The molecule has 1 aromatic carbocycles. The molecule has 0 amide bonds. The Kier molecular flexibility index (Phi) is 3.96. The molecule has 2 N–H and O–H groups in total. The van der Waals surface area contributed by atoms with E-state index in [1.807, 2.05) is 6.92 Å². The van der Waals surface area contributed by atoms with E-state index in [0.717, 1.165) is 21.9 Å². The molecule has 0 spiro atoms. The molecule has 0 saturated heterocycles. The van der Waals surface area contributed by atoms with Gasteiger partial charge < -0.3 is 5.73 Å². The first kappa shape index (κ1) is 13.3. The highest BCUT2D eigenvalue weighted by Gasteiger charge is 2.10. The van der Waals surface area contributed by atoms with Gasteiger partial charge in [0.15, 0.2) is 0 Å². The second kappa shape index (κ2) is 5.66. The minimum Gasteiger partial charge on any atom is -0.383 e. The summed E-state index contributed by atoms with van der Waals surface area (Å²) in [5.74, 6) is 0.474. The van der Waals surface area contributed by atoms with Gasteiger partial charge in [-0.05, 0) is 18.6 Å². The van der Waals surface area contributed by atoms with E-state index in [1.54, 1.807) is 12.1 Å². The van der Waals surface area contributed by atoms with Crippen molar-refractivity contribution in [1.29, 1.82) is 0 Å². The van der Waals surface area contributed by atoms with E-state index in [9.17, 15) is 10.1 Å². The maximum atomic E-state index is 10.6. The molecule has 19 heavy (non-hydrogen) atoms. The van der Waals surface area contributed by atoms with Crippen molar-refractivity contribution in [2.45, 2.75) is 23.3 Å². The highest BCUT2D eigenvalue weighted by molar-refractivity contribution is 7.99. The summed E-state index contributed by atoms with van der Waals surface area (Å²) >= 11 is 1.42. The molecule has 0 aliphatic carbocycles. The smallest absolute Gasteiger partial charge is 0.269 e. The van der Waals surface area contributed by atoms with Crippen molar-refractivity contribution in [3.05, 3.63) is 46.3 Å². The molecule has 1 aromatic heterocycles. The van der Waals surface area contributed by atoms with Crippen molar-refractivity contribution >= 4 is 23.3 Å². The van der Waals surface area contributed by atoms with Crippen LogP contribution in [-0.4, -0.2) is 14.9 Å². The van der Waals surface area contributed by atoms with Gasteiger partial charge in [0.2, 0.25) is 0 Å². The zero-order valence-corrected chi connectivity index (χ0v) is 11.1. The van der Waals surface area contributed by atoms with Crippen molar-refractivity contribution in [3.63, 3.8) is 0 Å². The first-order chi connectivity index (χ1) is 9.11. The monoisotopic (exact) mass is 276 g/mol. The van der Waals surface area contributed by atoms with Gasteiger partial charge in [0, 0.05) is 22.6 Å². The molecule has 2 aromatic rings. The standard InChI is InChI=1S/C12H12N4O2S/c1-2-10-11(13)14-7-15-12(10)19-9-5-3-8(4-6-9)16(17)18/h3-7H,2H2,1H3,(H2,13,14,15). The summed E-state index contributed by atoms with van der Waals surface area (Å²) in [7, 11) is 0. The third kappa shape index (κ3) is 3.00. The Morgan fingerprint density at radius 3 is 2.58 bits per heavy atom. The summed E-state index contributed by atoms with van der Waals surface area (Å²) < 4.78 is 0. The quantitative estimate of drug-likeness (QED) is 0.524. The SMILES string of the molecule is CCc1c(N)ncnc1Sc1ccc([N+](=O)[O-])cc1. The minimum absolute atomic E-state index is 0.0715. The molecule has 6 nitrogen and oxygen atoms in total. The number of anilines is 1. The molecule has 0 radical (unpaired) electrons. The molecule has 0 aliphatic heterocycles. The van der Waals surface area contributed by atoms with E-state index in [-0.39, 0.29) is 5.69 Å². The van der Waals surface area contributed by atoms with Gasteiger partial charge in [-0.2, -0.15) is 0 Å². The fourth-order valence-corrected chi connectivity index (χ4v) is 2.54. The van der Waals surface area contributed by atoms with Crippen LogP contribution in [0.3, 0.4) is 0 Å². The van der Waals surface area contributed by atoms with Gasteiger partial charge in [0.25, 0.3) is 5.69 Å². The second-order valence-electron chi connectivity index (χ2n) is 3.75. The summed E-state index contributed by atoms with van der Waals surface area (Å²) in [4.78, 5) is 19.2. The number of non-ortho nitro benzene ring substituents is 1. The summed E-state index contributed by atoms with van der Waals surface area (Å²) in [5, 5.41) is 11.4. The number of benzene rings is 1. The summed E-state index contributed by atoms with van der Waals surface area (Å²) in [6.07, 6.45) is 2.16. The van der Waals surface area contributed by atoms with Crippen molar-refractivity contribution < 1.29 is 4.92 Å². The van der Waals surface area contributed by atoms with Crippen LogP contribution in [0, 0.1) is 10.1 Å². The van der Waals surface area contributed by atoms with E-state index >= 15 is 0 Å². The Bertz CT molecular complexity index is 601. The van der Waals surface area contributed by atoms with Crippen LogP contribution >= 0.6 is 11.8 Å². The fourth-order valence-electron chi connectivity index (χ4n) is 1.58. The average molecular weight is 276 g/mol. The number of nitro benzene ring substituents is 1. The third-order valence-electron chi connectivity index (χ3n) is 2.55. The van der Waals surface area contributed by atoms with E-state index < -0.39 is 4.92 Å². The lowest BCUT2D eigenvalue weighted by Crippen LogP contribution is -2.00. The van der Waals surface area contributed by atoms with Crippen LogP contribution in [0.25, 0.3) is 0 Å². The average Bonchev–Trinajstić information content (AvgIpc) is 2.39. The third-order valence-corrected chi connectivity index (χ3v) is 3.61. The Morgan fingerprint density at radius 1 is 1.32 bits per heavy atom. The molecule has 98 valence electrons. The fraction of sp³-hybridized carbons (Fsp3) is 0.167. The number of hydrogen-bond donors (Lipinski definition) is 1. The van der Waals surface area contributed by atoms with Crippen molar-refractivity contribution in [2.24, 2.45) is 0 Å². The van der Waals surface area contributed by atoms with Crippen LogP contribution < -0.4 is 5.73 Å². The molecule has 0 saturated carbocycles. The number of nitrogens with zero attached hydrogens (tertiary/aromatic N) is 3. The zero-order valence-electron chi connectivity index (χ0n) is 10.2. The highest BCUT2D eigenvalue weighted by Crippen LogP contribution is 2.31. The second-order valence-corrected chi connectivity index (χ2v) is 4.81. The Balaban J connectivity index is 2.26. The molecule has 0 aliphatic rings. The minimum atomic E-state index is -0.422. The topological polar surface area (TPSA) is 94.9 Å². The van der Waals surface area contributed by atoms with E-state index in [2.05, 4.69) is 9.97 Å². The van der Waals surface area contributed by atoms with Gasteiger partial charge >= 0.3 is 0 Å². The van der Waals surface area contributed by atoms with Crippen LogP contribution in [0.15, 0.2) is 40.5 Å². The maximum absolute atomic E-state index is 10.6. The zero-order chi connectivity index (χ0) is 13.8. The molecular formula is C12H12N4O2S. The van der Waals surface area contributed by atoms with Gasteiger partial charge in [0.05, 0.1) is 4.92 Å². The van der Waals surface area contributed by atoms with E-state index in [1.165, 1.54) is 30.2 Å². The first-order valence-corrected chi connectivity index (χ1v) is 6.45. The van der Waals surface area contributed by atoms with Crippen molar-refractivity contribution in [3.8, 4) is 0 Å². The van der Waals surface area contributed by atoms with Gasteiger partial charge in [-0.1, -0.05) is 18.7 Å². The van der Waals surface area contributed by atoms with Crippen LogP contribution in [0.5, 0.6) is 0 Å². The normalized spacial score (nSPS) is 10.4. The number of nitro groups is 1. The lowest BCUT2D eigenvalue weighted by molar-refractivity contribution is -0.384. The van der Waals surface area contributed by atoms with E-state index in [4.69, 9.17) is 5.73 Å². The van der Waals surface area contributed by atoms with E-state index in [0.29, 0.717) is 5.82 Å². The van der Waals surface area contributed by atoms with Crippen LogP contribution in [0.4, 0.5) is 11.5 Å². The van der Waals surface area contributed by atoms with Crippen molar-refractivity contribution in [2.75, 3.05) is 5.73 Å². The van der Waals surface area contributed by atoms with Crippen LogP contribution in [0.1, 0.15) is 12.5 Å². The van der Waals surface area contributed by atoms with Gasteiger partial charge in [-0.15, -0.1) is 0 Å². The number of aromatic nitrogens is 2. The molecule has 7 heteroatoms. The van der Waals surface area contributed by atoms with Crippen LogP contribution in [0.2, 0.25) is 0 Å². The summed E-state index contributed by atoms with van der Waals surface area (Å²) in [6.45, 7) is 1.98. The number of nitrogens with two attached hydrogens (primary N) is 1. The molecule has 0 atom stereocenters. The number of rotatable bonds is 4. The maximum Gasteiger partial charge on any atom is 0.269 e. The number of nitrogen functional groups attached to an aromatic ring is 1. The Morgan fingerprint density at radius 2 is 2.00 bits per heavy atom. The van der Waals surface area contributed by atoms with Gasteiger partial charge in [0.1, 0.15) is 17.2 Å². The Labute approximate surface area is 114 Å².